The predicted octanol–water partition coefficient (Wildman–Crippen LogP) is 3.29. The largest absolute Gasteiger partial charge is 0.366 e. The van der Waals surface area contributed by atoms with Gasteiger partial charge in [0, 0.05) is 34.7 Å². The number of benzene rings is 1. The molecule has 0 radical (unpaired) electrons. The standard InChI is InChI=1S/C22H23N7O/c23-16-5-1-2-6-18(16)27-19-11-14-12-25-29-22(30)20(14)21(28-19)26-15-7-8-17-13(10-15)4-3-9-24-17/h3-4,7-12,16,18H,1-2,5-6,23H2,(H,29,30)(H2,26,27,28). The summed E-state index contributed by atoms with van der Waals surface area (Å²) in [5, 5.41) is 15.4. The first-order valence-electron chi connectivity index (χ1n) is 10.2. The van der Waals surface area contributed by atoms with Crippen molar-refractivity contribution in [3.63, 3.8) is 0 Å². The first-order chi connectivity index (χ1) is 14.7. The average molecular weight is 401 g/mol. The third-order valence-corrected chi connectivity index (χ3v) is 5.67. The molecule has 3 heterocycles. The van der Waals surface area contributed by atoms with Gasteiger partial charge in [0.1, 0.15) is 11.6 Å². The first kappa shape index (κ1) is 18.5. The van der Waals surface area contributed by atoms with Crippen molar-refractivity contribution in [2.24, 2.45) is 5.73 Å². The highest BCUT2D eigenvalue weighted by Crippen LogP contribution is 2.28. The molecule has 3 aromatic heterocycles. The van der Waals surface area contributed by atoms with E-state index in [1.807, 2.05) is 36.4 Å². The van der Waals surface area contributed by atoms with Gasteiger partial charge in [0.05, 0.1) is 17.1 Å². The van der Waals surface area contributed by atoms with E-state index in [9.17, 15) is 4.79 Å². The summed E-state index contributed by atoms with van der Waals surface area (Å²) in [4.78, 5) is 21.6. The van der Waals surface area contributed by atoms with Crippen LogP contribution in [0.3, 0.4) is 0 Å². The van der Waals surface area contributed by atoms with Gasteiger partial charge < -0.3 is 16.4 Å². The molecule has 30 heavy (non-hydrogen) atoms. The number of rotatable bonds is 4. The second kappa shape index (κ2) is 7.72. The summed E-state index contributed by atoms with van der Waals surface area (Å²) >= 11 is 0. The van der Waals surface area contributed by atoms with Crippen molar-refractivity contribution in [2.75, 3.05) is 10.6 Å². The first-order valence-corrected chi connectivity index (χ1v) is 10.2. The molecule has 1 aliphatic rings. The monoisotopic (exact) mass is 401 g/mol. The van der Waals surface area contributed by atoms with Crippen LogP contribution in [-0.4, -0.2) is 32.2 Å². The number of pyridine rings is 2. The zero-order valence-corrected chi connectivity index (χ0v) is 16.4. The molecular weight excluding hydrogens is 378 g/mol. The van der Waals surface area contributed by atoms with Crippen LogP contribution in [0.4, 0.5) is 17.3 Å². The van der Waals surface area contributed by atoms with Crippen molar-refractivity contribution in [1.29, 1.82) is 0 Å². The van der Waals surface area contributed by atoms with Crippen molar-refractivity contribution >= 4 is 39.0 Å². The van der Waals surface area contributed by atoms with E-state index < -0.39 is 0 Å². The molecule has 1 aromatic carbocycles. The second-order valence-electron chi connectivity index (χ2n) is 7.75. The molecule has 1 fully saturated rings. The Hall–Kier alpha value is -3.52. The minimum absolute atomic E-state index is 0.0953. The molecule has 0 aliphatic heterocycles. The Labute approximate surface area is 172 Å². The van der Waals surface area contributed by atoms with E-state index in [-0.39, 0.29) is 17.6 Å². The van der Waals surface area contributed by atoms with Crippen LogP contribution in [0.15, 0.2) is 53.6 Å². The van der Waals surface area contributed by atoms with Gasteiger partial charge in [-0.3, -0.25) is 9.78 Å². The molecule has 1 aliphatic carbocycles. The summed E-state index contributed by atoms with van der Waals surface area (Å²) in [5.74, 6) is 1.16. The van der Waals surface area contributed by atoms with Crippen LogP contribution in [0.1, 0.15) is 25.7 Å². The van der Waals surface area contributed by atoms with E-state index in [0.29, 0.717) is 22.4 Å². The SMILES string of the molecule is NC1CCCCC1Nc1cc2cn[nH]c(=O)c2c(Nc2ccc3ncccc3c2)n1. The van der Waals surface area contributed by atoms with Crippen molar-refractivity contribution in [3.8, 4) is 0 Å². The molecule has 5 rings (SSSR count). The summed E-state index contributed by atoms with van der Waals surface area (Å²) in [6, 6.07) is 11.9. The van der Waals surface area contributed by atoms with Gasteiger partial charge in [0.25, 0.3) is 5.56 Å². The fourth-order valence-corrected chi connectivity index (χ4v) is 4.10. The van der Waals surface area contributed by atoms with Crippen LogP contribution in [0.25, 0.3) is 21.7 Å². The lowest BCUT2D eigenvalue weighted by Gasteiger charge is -2.30. The van der Waals surface area contributed by atoms with E-state index in [4.69, 9.17) is 10.7 Å². The van der Waals surface area contributed by atoms with E-state index in [1.54, 1.807) is 12.4 Å². The van der Waals surface area contributed by atoms with Gasteiger partial charge in [0.15, 0.2) is 0 Å². The maximum absolute atomic E-state index is 12.5. The number of hydrogen-bond acceptors (Lipinski definition) is 7. The molecule has 8 nitrogen and oxygen atoms in total. The summed E-state index contributed by atoms with van der Waals surface area (Å²) in [5.41, 5.74) is 7.75. The van der Waals surface area contributed by atoms with Crippen molar-refractivity contribution in [2.45, 2.75) is 37.8 Å². The molecule has 0 spiro atoms. The molecule has 0 amide bonds. The summed E-state index contributed by atoms with van der Waals surface area (Å²) in [6.45, 7) is 0. The maximum Gasteiger partial charge on any atom is 0.275 e. The number of aromatic nitrogens is 4. The van der Waals surface area contributed by atoms with Crippen LogP contribution in [0.5, 0.6) is 0 Å². The minimum atomic E-state index is -0.286. The van der Waals surface area contributed by atoms with E-state index in [1.165, 1.54) is 0 Å². The van der Waals surface area contributed by atoms with Gasteiger partial charge in [-0.2, -0.15) is 5.10 Å². The average Bonchev–Trinajstić information content (AvgIpc) is 2.75. The number of nitrogens with two attached hydrogens (primary N) is 1. The fraction of sp³-hybridized carbons (Fsp3) is 0.273. The Morgan fingerprint density at radius 1 is 1.10 bits per heavy atom. The molecule has 4 aromatic rings. The zero-order valence-electron chi connectivity index (χ0n) is 16.4. The molecule has 152 valence electrons. The fourth-order valence-electron chi connectivity index (χ4n) is 4.10. The lowest BCUT2D eigenvalue weighted by atomic mass is 9.91. The van der Waals surface area contributed by atoms with Gasteiger partial charge in [-0.15, -0.1) is 0 Å². The Morgan fingerprint density at radius 2 is 2.00 bits per heavy atom. The number of H-pyrrole nitrogens is 1. The molecule has 2 atom stereocenters. The Bertz CT molecular complexity index is 1270. The van der Waals surface area contributed by atoms with Crippen molar-refractivity contribution in [1.82, 2.24) is 20.2 Å². The highest BCUT2D eigenvalue weighted by Gasteiger charge is 2.22. The molecule has 0 bridgehead atoms. The summed E-state index contributed by atoms with van der Waals surface area (Å²) in [6.07, 6.45) is 7.73. The molecular formula is C22H23N7O. The normalized spacial score (nSPS) is 19.1. The van der Waals surface area contributed by atoms with Gasteiger partial charge in [0.2, 0.25) is 0 Å². The van der Waals surface area contributed by atoms with Gasteiger partial charge >= 0.3 is 0 Å². The van der Waals surface area contributed by atoms with Crippen LogP contribution >= 0.6 is 0 Å². The number of aromatic amines is 1. The lowest BCUT2D eigenvalue weighted by molar-refractivity contribution is 0.403. The highest BCUT2D eigenvalue weighted by atomic mass is 16.1. The van der Waals surface area contributed by atoms with Gasteiger partial charge in [-0.25, -0.2) is 10.1 Å². The lowest BCUT2D eigenvalue weighted by Crippen LogP contribution is -2.42. The molecule has 5 N–H and O–H groups in total. The summed E-state index contributed by atoms with van der Waals surface area (Å²) in [7, 11) is 0. The number of fused-ring (bicyclic) bond motifs is 2. The molecule has 0 saturated heterocycles. The van der Waals surface area contributed by atoms with Gasteiger partial charge in [-0.1, -0.05) is 18.9 Å². The van der Waals surface area contributed by atoms with E-state index in [0.717, 1.165) is 42.3 Å². The Balaban J connectivity index is 1.55. The quantitative estimate of drug-likeness (QED) is 0.414. The Morgan fingerprint density at radius 3 is 2.90 bits per heavy atom. The van der Waals surface area contributed by atoms with E-state index in [2.05, 4.69) is 25.8 Å². The maximum atomic E-state index is 12.5. The van der Waals surface area contributed by atoms with Gasteiger partial charge in [-0.05, 0) is 43.2 Å². The molecule has 1 saturated carbocycles. The van der Waals surface area contributed by atoms with Crippen LogP contribution in [0, 0.1) is 0 Å². The van der Waals surface area contributed by atoms with Crippen molar-refractivity contribution < 1.29 is 0 Å². The number of anilines is 3. The third-order valence-electron chi connectivity index (χ3n) is 5.67. The molecule has 8 heteroatoms. The smallest absolute Gasteiger partial charge is 0.275 e. The summed E-state index contributed by atoms with van der Waals surface area (Å²) < 4.78 is 0. The minimum Gasteiger partial charge on any atom is -0.366 e. The molecule has 2 unspecified atom stereocenters. The number of nitrogens with zero attached hydrogens (tertiary/aromatic N) is 3. The highest BCUT2D eigenvalue weighted by molar-refractivity contribution is 5.94. The van der Waals surface area contributed by atoms with Crippen molar-refractivity contribution in [3.05, 3.63) is 59.1 Å². The van der Waals surface area contributed by atoms with Crippen LogP contribution in [-0.2, 0) is 0 Å². The third kappa shape index (κ3) is 3.57. The zero-order chi connectivity index (χ0) is 20.5. The Kier molecular flexibility index (Phi) is 4.76. The topological polar surface area (TPSA) is 122 Å². The number of hydrogen-bond donors (Lipinski definition) is 4. The van der Waals surface area contributed by atoms with E-state index >= 15 is 0 Å². The van der Waals surface area contributed by atoms with Crippen LogP contribution in [0.2, 0.25) is 0 Å². The number of nitrogens with one attached hydrogen (secondary N) is 3. The predicted molar refractivity (Wildman–Crippen MR) is 119 cm³/mol. The van der Waals surface area contributed by atoms with Crippen LogP contribution < -0.4 is 21.9 Å². The second-order valence-corrected chi connectivity index (χ2v) is 7.75.